The number of hydrogen-bond acceptors (Lipinski definition) is 3. The minimum Gasteiger partial charge on any atom is -0.393 e. The number of piperidine rings is 1. The van der Waals surface area contributed by atoms with Crippen LogP contribution in [-0.2, 0) is 0 Å². The summed E-state index contributed by atoms with van der Waals surface area (Å²) in [6.45, 7) is 3.64. The van der Waals surface area contributed by atoms with Gasteiger partial charge in [0.1, 0.15) is 0 Å². The molecule has 0 radical (unpaired) electrons. The lowest BCUT2D eigenvalue weighted by Crippen LogP contribution is -2.42. The quantitative estimate of drug-likeness (QED) is 0.833. The van der Waals surface area contributed by atoms with E-state index in [1.807, 2.05) is 13.0 Å². The molecule has 17 heavy (non-hydrogen) atoms. The predicted molar refractivity (Wildman–Crippen MR) is 68.2 cm³/mol. The molecule has 1 aromatic rings. The van der Waals surface area contributed by atoms with E-state index in [-0.39, 0.29) is 12.0 Å². The Morgan fingerprint density at radius 1 is 1.53 bits per heavy atom. The molecule has 1 N–H and O–H groups in total. The van der Waals surface area contributed by atoms with E-state index in [9.17, 15) is 5.11 Å². The number of hydrogen-bond donors (Lipinski definition) is 1. The molecule has 0 aliphatic carbocycles. The van der Waals surface area contributed by atoms with E-state index in [0.717, 1.165) is 25.2 Å². The topological polar surface area (TPSA) is 47.3 Å². The lowest BCUT2D eigenvalue weighted by molar-refractivity contribution is 0.0971. The second kappa shape index (κ2) is 4.95. The third kappa shape index (κ3) is 2.54. The van der Waals surface area contributed by atoms with Crippen molar-refractivity contribution >= 4 is 17.3 Å². The zero-order chi connectivity index (χ0) is 12.4. The molecule has 0 saturated carbocycles. The van der Waals surface area contributed by atoms with Crippen molar-refractivity contribution in [3.05, 3.63) is 28.8 Å². The van der Waals surface area contributed by atoms with Crippen LogP contribution >= 0.6 is 11.6 Å². The summed E-state index contributed by atoms with van der Waals surface area (Å²) in [5.41, 5.74) is 1.52. The highest BCUT2D eigenvalue weighted by Gasteiger charge is 2.25. The maximum atomic E-state index is 9.69. The summed E-state index contributed by atoms with van der Waals surface area (Å²) in [7, 11) is 0. The Morgan fingerprint density at radius 3 is 2.88 bits per heavy atom. The number of aliphatic hydroxyl groups is 1. The summed E-state index contributed by atoms with van der Waals surface area (Å²) in [6.07, 6.45) is 0.542. The van der Waals surface area contributed by atoms with Gasteiger partial charge in [0.2, 0.25) is 0 Å². The zero-order valence-electron chi connectivity index (χ0n) is 9.73. The number of rotatable bonds is 1. The van der Waals surface area contributed by atoms with Crippen LogP contribution in [0.5, 0.6) is 0 Å². The van der Waals surface area contributed by atoms with Gasteiger partial charge in [-0.25, -0.2) is 0 Å². The fourth-order valence-corrected chi connectivity index (χ4v) is 2.48. The van der Waals surface area contributed by atoms with Crippen LogP contribution in [0.1, 0.15) is 18.9 Å². The van der Waals surface area contributed by atoms with E-state index in [0.29, 0.717) is 10.6 Å². The fraction of sp³-hybridized carbons (Fsp3) is 0.462. The Hall–Kier alpha value is -1.24. The van der Waals surface area contributed by atoms with Gasteiger partial charge in [0.25, 0.3) is 0 Å². The molecule has 1 aliphatic heterocycles. The standard InChI is InChI=1S/C13H15ClN2O/c1-9-8-16(5-4-13(9)17)12-3-2-10(7-15)6-11(12)14/h2-3,6,9,13,17H,4-5,8H2,1H3. The Labute approximate surface area is 106 Å². The SMILES string of the molecule is CC1CN(c2ccc(C#N)cc2Cl)CCC1O. The normalized spacial score (nSPS) is 24.5. The number of halogens is 1. The summed E-state index contributed by atoms with van der Waals surface area (Å²) < 4.78 is 0. The molecule has 1 saturated heterocycles. The molecule has 2 unspecified atom stereocenters. The van der Waals surface area contributed by atoms with Crippen molar-refractivity contribution in [1.29, 1.82) is 5.26 Å². The van der Waals surface area contributed by atoms with Crippen molar-refractivity contribution in [3.63, 3.8) is 0 Å². The minimum atomic E-state index is -0.219. The molecule has 4 heteroatoms. The summed E-state index contributed by atoms with van der Waals surface area (Å²) >= 11 is 6.17. The lowest BCUT2D eigenvalue weighted by Gasteiger charge is -2.36. The minimum absolute atomic E-state index is 0.219. The molecule has 1 aliphatic rings. The number of nitrogens with zero attached hydrogens (tertiary/aromatic N) is 2. The van der Waals surface area contributed by atoms with Crippen LogP contribution in [0, 0.1) is 17.2 Å². The maximum absolute atomic E-state index is 9.69. The largest absolute Gasteiger partial charge is 0.393 e. The maximum Gasteiger partial charge on any atom is 0.0992 e. The van der Waals surface area contributed by atoms with Crippen molar-refractivity contribution in [1.82, 2.24) is 0 Å². The molecule has 3 nitrogen and oxygen atoms in total. The average molecular weight is 251 g/mol. The number of aliphatic hydroxyl groups excluding tert-OH is 1. The van der Waals surface area contributed by atoms with Crippen molar-refractivity contribution in [3.8, 4) is 6.07 Å². The molecule has 1 heterocycles. The molecular formula is C13H15ClN2O. The van der Waals surface area contributed by atoms with Crippen LogP contribution in [0.4, 0.5) is 5.69 Å². The summed E-state index contributed by atoms with van der Waals surface area (Å²) in [5.74, 6) is 0.246. The summed E-state index contributed by atoms with van der Waals surface area (Å²) in [6, 6.07) is 7.41. The first-order valence-corrected chi connectivity index (χ1v) is 6.12. The van der Waals surface area contributed by atoms with Crippen LogP contribution in [-0.4, -0.2) is 24.3 Å². The molecule has 0 aromatic heterocycles. The second-order valence-corrected chi connectivity index (χ2v) is 4.96. The highest BCUT2D eigenvalue weighted by Crippen LogP contribution is 2.30. The second-order valence-electron chi connectivity index (χ2n) is 4.56. The average Bonchev–Trinajstić information content (AvgIpc) is 2.32. The molecule has 2 rings (SSSR count). The fourth-order valence-electron chi connectivity index (χ4n) is 2.18. The molecule has 2 atom stereocenters. The van der Waals surface area contributed by atoms with Crippen LogP contribution in [0.3, 0.4) is 0 Å². The lowest BCUT2D eigenvalue weighted by atomic mass is 9.96. The first-order chi connectivity index (χ1) is 8.11. The van der Waals surface area contributed by atoms with E-state index in [2.05, 4.69) is 11.0 Å². The Morgan fingerprint density at radius 2 is 2.29 bits per heavy atom. The van der Waals surface area contributed by atoms with Gasteiger partial charge >= 0.3 is 0 Å². The van der Waals surface area contributed by atoms with E-state index in [1.165, 1.54) is 0 Å². The van der Waals surface area contributed by atoms with Crippen molar-refractivity contribution in [2.45, 2.75) is 19.4 Å². The van der Waals surface area contributed by atoms with E-state index < -0.39 is 0 Å². The Bertz CT molecular complexity index is 455. The summed E-state index contributed by atoms with van der Waals surface area (Å²) in [5, 5.41) is 19.1. The van der Waals surface area contributed by atoms with Gasteiger partial charge in [0.15, 0.2) is 0 Å². The van der Waals surface area contributed by atoms with Crippen LogP contribution in [0.2, 0.25) is 5.02 Å². The number of anilines is 1. The highest BCUT2D eigenvalue weighted by molar-refractivity contribution is 6.33. The van der Waals surface area contributed by atoms with Crippen LogP contribution < -0.4 is 4.90 Å². The van der Waals surface area contributed by atoms with Crippen molar-refractivity contribution < 1.29 is 5.11 Å². The third-order valence-corrected chi connectivity index (χ3v) is 3.58. The number of nitriles is 1. The van der Waals surface area contributed by atoms with Gasteiger partial charge in [-0.15, -0.1) is 0 Å². The first kappa shape index (κ1) is 12.2. The molecule has 0 amide bonds. The van der Waals surface area contributed by atoms with E-state index >= 15 is 0 Å². The van der Waals surface area contributed by atoms with Gasteiger partial charge in [-0.1, -0.05) is 18.5 Å². The molecule has 0 spiro atoms. The Balaban J connectivity index is 2.21. The predicted octanol–water partition coefficient (Wildman–Crippen LogP) is 2.42. The van der Waals surface area contributed by atoms with Crippen molar-refractivity contribution in [2.24, 2.45) is 5.92 Å². The van der Waals surface area contributed by atoms with Gasteiger partial charge in [-0.3, -0.25) is 0 Å². The van der Waals surface area contributed by atoms with E-state index in [1.54, 1.807) is 12.1 Å². The first-order valence-electron chi connectivity index (χ1n) is 5.74. The highest BCUT2D eigenvalue weighted by atomic mass is 35.5. The zero-order valence-corrected chi connectivity index (χ0v) is 10.5. The summed E-state index contributed by atoms with van der Waals surface area (Å²) in [4.78, 5) is 2.17. The molecular weight excluding hydrogens is 236 g/mol. The van der Waals surface area contributed by atoms with Gasteiger partial charge in [0, 0.05) is 13.1 Å². The van der Waals surface area contributed by atoms with Gasteiger partial charge in [-0.2, -0.15) is 5.26 Å². The molecule has 1 aromatic carbocycles. The number of benzene rings is 1. The molecule has 0 bridgehead atoms. The third-order valence-electron chi connectivity index (χ3n) is 3.28. The molecule has 90 valence electrons. The van der Waals surface area contributed by atoms with Gasteiger partial charge in [-0.05, 0) is 30.5 Å². The van der Waals surface area contributed by atoms with Crippen LogP contribution in [0.15, 0.2) is 18.2 Å². The monoisotopic (exact) mass is 250 g/mol. The van der Waals surface area contributed by atoms with Crippen molar-refractivity contribution in [2.75, 3.05) is 18.0 Å². The van der Waals surface area contributed by atoms with Gasteiger partial charge in [0.05, 0.1) is 28.4 Å². The van der Waals surface area contributed by atoms with Gasteiger partial charge < -0.3 is 10.0 Å². The Kier molecular flexibility index (Phi) is 3.56. The van der Waals surface area contributed by atoms with Crippen LogP contribution in [0.25, 0.3) is 0 Å². The molecule has 1 fully saturated rings. The smallest absolute Gasteiger partial charge is 0.0992 e. The van der Waals surface area contributed by atoms with E-state index in [4.69, 9.17) is 16.9 Å².